The zero-order valence-corrected chi connectivity index (χ0v) is 6.44. The minimum atomic E-state index is 0.196. The highest BCUT2D eigenvalue weighted by molar-refractivity contribution is 6.31. The minimum absolute atomic E-state index is 0.196. The first-order valence-corrected chi connectivity index (χ1v) is 4.13. The smallest absolute Gasteiger partial charge is 0.0568 e. The van der Waals surface area contributed by atoms with Crippen LogP contribution in [-0.4, -0.2) is 10.8 Å². The van der Waals surface area contributed by atoms with E-state index in [0.29, 0.717) is 11.8 Å². The highest BCUT2D eigenvalue weighted by atomic mass is 35.5. The van der Waals surface area contributed by atoms with Crippen LogP contribution in [0.15, 0.2) is 12.2 Å². The number of halogens is 2. The van der Waals surface area contributed by atoms with Gasteiger partial charge in [-0.05, 0) is 18.3 Å². The van der Waals surface area contributed by atoms with E-state index in [2.05, 4.69) is 12.2 Å². The summed E-state index contributed by atoms with van der Waals surface area (Å²) in [5.41, 5.74) is 0. The molecule has 2 heteroatoms. The van der Waals surface area contributed by atoms with Crippen LogP contribution in [0.4, 0.5) is 0 Å². The summed E-state index contributed by atoms with van der Waals surface area (Å²) in [6.07, 6.45) is 5.57. The molecule has 0 saturated heterocycles. The maximum atomic E-state index is 5.98. The van der Waals surface area contributed by atoms with Crippen molar-refractivity contribution in [2.75, 3.05) is 0 Å². The molecule has 50 valence electrons. The van der Waals surface area contributed by atoms with Crippen LogP contribution < -0.4 is 0 Å². The van der Waals surface area contributed by atoms with Gasteiger partial charge in [-0.25, -0.2) is 0 Å². The van der Waals surface area contributed by atoms with Gasteiger partial charge in [0.25, 0.3) is 0 Å². The van der Waals surface area contributed by atoms with Crippen LogP contribution in [0.25, 0.3) is 0 Å². The molecule has 2 aliphatic carbocycles. The third-order valence-electron chi connectivity index (χ3n) is 2.27. The molecule has 0 aliphatic heterocycles. The fourth-order valence-corrected chi connectivity index (χ4v) is 2.45. The van der Waals surface area contributed by atoms with Gasteiger partial charge >= 0.3 is 0 Å². The molecule has 0 spiro atoms. The van der Waals surface area contributed by atoms with E-state index in [-0.39, 0.29) is 10.8 Å². The quantitative estimate of drug-likeness (QED) is 0.380. The lowest BCUT2D eigenvalue weighted by molar-refractivity contribution is 0.694. The molecular formula is C7H8Cl2. The van der Waals surface area contributed by atoms with E-state index in [9.17, 15) is 0 Å². The Kier molecular flexibility index (Phi) is 1.28. The molecule has 0 aromatic carbocycles. The average molecular weight is 163 g/mol. The summed E-state index contributed by atoms with van der Waals surface area (Å²) < 4.78 is 0. The summed E-state index contributed by atoms with van der Waals surface area (Å²) in [5.74, 6) is 1.14. The Hall–Kier alpha value is 0.320. The van der Waals surface area contributed by atoms with Gasteiger partial charge in [0.1, 0.15) is 0 Å². The first-order chi connectivity index (χ1) is 4.29. The maximum absolute atomic E-state index is 5.98. The Balaban J connectivity index is 2.26. The second-order valence-corrected chi connectivity index (χ2v) is 3.85. The van der Waals surface area contributed by atoms with Crippen molar-refractivity contribution in [2.45, 2.75) is 17.2 Å². The number of hydrogen-bond acceptors (Lipinski definition) is 0. The SMILES string of the molecule is Cl[C@H]1[C@H](Cl)[C@H]2C=C[C@H]1C2. The molecule has 2 rings (SSSR count). The van der Waals surface area contributed by atoms with Gasteiger partial charge in [-0.1, -0.05) is 12.2 Å². The Morgan fingerprint density at radius 3 is 1.67 bits per heavy atom. The van der Waals surface area contributed by atoms with Crippen molar-refractivity contribution in [1.29, 1.82) is 0 Å². The average Bonchev–Trinajstić information content (AvgIpc) is 2.37. The molecule has 0 radical (unpaired) electrons. The van der Waals surface area contributed by atoms with Crippen LogP contribution in [0.3, 0.4) is 0 Å². The molecule has 2 aliphatic rings. The van der Waals surface area contributed by atoms with E-state index in [1.807, 2.05) is 0 Å². The number of alkyl halides is 2. The largest absolute Gasteiger partial charge is 0.121 e. The Bertz CT molecular complexity index is 137. The molecule has 0 N–H and O–H groups in total. The van der Waals surface area contributed by atoms with E-state index in [0.717, 1.165) is 0 Å². The molecular weight excluding hydrogens is 155 g/mol. The fraction of sp³-hybridized carbons (Fsp3) is 0.714. The van der Waals surface area contributed by atoms with Crippen LogP contribution in [0.2, 0.25) is 0 Å². The topological polar surface area (TPSA) is 0 Å². The molecule has 9 heavy (non-hydrogen) atoms. The first kappa shape index (κ1) is 6.06. The molecule has 4 atom stereocenters. The van der Waals surface area contributed by atoms with E-state index in [4.69, 9.17) is 23.2 Å². The fourth-order valence-electron chi connectivity index (χ4n) is 1.70. The van der Waals surface area contributed by atoms with Gasteiger partial charge < -0.3 is 0 Å². The van der Waals surface area contributed by atoms with Crippen LogP contribution in [0.1, 0.15) is 6.42 Å². The predicted molar refractivity (Wildman–Crippen MR) is 40.0 cm³/mol. The summed E-state index contributed by atoms with van der Waals surface area (Å²) in [7, 11) is 0. The van der Waals surface area contributed by atoms with Crippen LogP contribution in [0.5, 0.6) is 0 Å². The predicted octanol–water partition coefficient (Wildman–Crippen LogP) is 2.41. The van der Waals surface area contributed by atoms with Gasteiger partial charge in [-0.3, -0.25) is 0 Å². The highest BCUT2D eigenvalue weighted by Gasteiger charge is 2.42. The van der Waals surface area contributed by atoms with Crippen molar-refractivity contribution < 1.29 is 0 Å². The summed E-state index contributed by atoms with van der Waals surface area (Å²) in [6.45, 7) is 0. The monoisotopic (exact) mass is 162 g/mol. The van der Waals surface area contributed by atoms with Crippen molar-refractivity contribution in [2.24, 2.45) is 11.8 Å². The highest BCUT2D eigenvalue weighted by Crippen LogP contribution is 2.44. The summed E-state index contributed by atoms with van der Waals surface area (Å²) in [6, 6.07) is 0. The minimum Gasteiger partial charge on any atom is -0.121 e. The second kappa shape index (κ2) is 1.90. The van der Waals surface area contributed by atoms with Crippen molar-refractivity contribution >= 4 is 23.2 Å². The molecule has 0 aromatic heterocycles. The van der Waals surface area contributed by atoms with E-state index in [1.54, 1.807) is 0 Å². The molecule has 0 unspecified atom stereocenters. The van der Waals surface area contributed by atoms with Gasteiger partial charge in [0.15, 0.2) is 0 Å². The number of hydrogen-bond donors (Lipinski definition) is 0. The van der Waals surface area contributed by atoms with Gasteiger partial charge in [-0.2, -0.15) is 0 Å². The third kappa shape index (κ3) is 0.731. The standard InChI is InChI=1S/C7H8Cl2/c8-6-4-1-2-5(3-4)7(6)9/h1-2,4-7H,3H2/t4-,5-,6+,7+/m0/s1. The Morgan fingerprint density at radius 1 is 1.00 bits per heavy atom. The number of fused-ring (bicyclic) bond motifs is 2. The molecule has 0 nitrogen and oxygen atoms in total. The van der Waals surface area contributed by atoms with Crippen molar-refractivity contribution in [3.63, 3.8) is 0 Å². The summed E-state index contributed by atoms with van der Waals surface area (Å²) >= 11 is 12.0. The molecule has 0 aromatic rings. The van der Waals surface area contributed by atoms with Crippen molar-refractivity contribution in [3.05, 3.63) is 12.2 Å². The zero-order valence-electron chi connectivity index (χ0n) is 4.93. The van der Waals surface area contributed by atoms with Gasteiger partial charge in [0.05, 0.1) is 10.8 Å². The molecule has 1 fully saturated rings. The Labute approximate surface area is 64.8 Å². The third-order valence-corrected chi connectivity index (χ3v) is 3.59. The van der Waals surface area contributed by atoms with Crippen molar-refractivity contribution in [3.8, 4) is 0 Å². The summed E-state index contributed by atoms with van der Waals surface area (Å²) in [4.78, 5) is 0. The number of rotatable bonds is 0. The van der Waals surface area contributed by atoms with Gasteiger partial charge in [0.2, 0.25) is 0 Å². The summed E-state index contributed by atoms with van der Waals surface area (Å²) in [5, 5.41) is 0.392. The van der Waals surface area contributed by atoms with E-state index >= 15 is 0 Å². The van der Waals surface area contributed by atoms with Crippen LogP contribution in [0, 0.1) is 11.8 Å². The van der Waals surface area contributed by atoms with Gasteiger partial charge in [0, 0.05) is 0 Å². The lowest BCUT2D eigenvalue weighted by Gasteiger charge is -2.15. The van der Waals surface area contributed by atoms with Gasteiger partial charge in [-0.15, -0.1) is 23.2 Å². The van der Waals surface area contributed by atoms with Crippen LogP contribution in [-0.2, 0) is 0 Å². The molecule has 2 bridgehead atoms. The van der Waals surface area contributed by atoms with E-state index < -0.39 is 0 Å². The Morgan fingerprint density at radius 2 is 1.44 bits per heavy atom. The lowest BCUT2D eigenvalue weighted by Crippen LogP contribution is -2.19. The van der Waals surface area contributed by atoms with Crippen molar-refractivity contribution in [1.82, 2.24) is 0 Å². The first-order valence-electron chi connectivity index (χ1n) is 3.25. The zero-order chi connectivity index (χ0) is 6.43. The second-order valence-electron chi connectivity index (χ2n) is 2.84. The normalized spacial score (nSPS) is 54.9. The molecule has 1 saturated carbocycles. The van der Waals surface area contributed by atoms with E-state index in [1.165, 1.54) is 6.42 Å². The van der Waals surface area contributed by atoms with Crippen LogP contribution >= 0.6 is 23.2 Å². The lowest BCUT2D eigenvalue weighted by atomic mass is 10.1. The maximum Gasteiger partial charge on any atom is 0.0568 e. The molecule has 0 amide bonds. The number of allylic oxidation sites excluding steroid dienone is 2. The molecule has 0 heterocycles.